The number of aromatic nitrogens is 5. The molecule has 11 heteroatoms. The lowest BCUT2D eigenvalue weighted by molar-refractivity contribution is -0.114. The number of hydrogen-bond donors (Lipinski definition) is 1. The second-order valence-corrected chi connectivity index (χ2v) is 9.43. The molecular formula is C26H18F2N6O2S. The molecule has 1 amide bonds. The van der Waals surface area contributed by atoms with Crippen molar-refractivity contribution in [2.45, 2.75) is 13.3 Å². The third kappa shape index (κ3) is 4.33. The molecule has 0 saturated carbocycles. The smallest absolute Gasteiger partial charge is 0.222 e. The summed E-state index contributed by atoms with van der Waals surface area (Å²) in [5, 5.41) is 6.83. The fraction of sp³-hybridized carbons (Fsp3) is 0.115. The van der Waals surface area contributed by atoms with Crippen LogP contribution in [0.3, 0.4) is 0 Å². The lowest BCUT2D eigenvalue weighted by atomic mass is 10.1. The summed E-state index contributed by atoms with van der Waals surface area (Å²) in [6, 6.07) is 12.6. The van der Waals surface area contributed by atoms with Gasteiger partial charge >= 0.3 is 0 Å². The molecule has 37 heavy (non-hydrogen) atoms. The number of nitrogens with zero attached hydrogens (tertiary/aromatic N) is 5. The summed E-state index contributed by atoms with van der Waals surface area (Å²) in [7, 11) is 0. The Morgan fingerprint density at radius 2 is 2.00 bits per heavy atom. The molecule has 0 fully saturated rings. The van der Waals surface area contributed by atoms with Gasteiger partial charge in [0.25, 0.3) is 0 Å². The molecule has 1 aromatic carbocycles. The Morgan fingerprint density at radius 1 is 1.11 bits per heavy atom. The van der Waals surface area contributed by atoms with Crippen molar-refractivity contribution in [3.63, 3.8) is 0 Å². The standard InChI is InChI=1S/C26H18F2N6O2S/c1-14(35)32-24-7-2-15(12-29-24)19-4-6-21-25(33-19)17-11-23(37-22(17)8-9-36-21)26-30-13-31-34(26)20-5-3-16(27)10-18(20)28/h2-7,10-13H,8-9H2,1H3,(H,29,32,35). The van der Waals surface area contributed by atoms with E-state index in [1.54, 1.807) is 12.3 Å². The van der Waals surface area contributed by atoms with E-state index >= 15 is 0 Å². The van der Waals surface area contributed by atoms with Crippen LogP contribution in [-0.4, -0.2) is 37.2 Å². The highest BCUT2D eigenvalue weighted by atomic mass is 32.1. The van der Waals surface area contributed by atoms with Gasteiger partial charge in [-0.15, -0.1) is 11.3 Å². The average molecular weight is 517 g/mol. The van der Waals surface area contributed by atoms with Crippen LogP contribution in [0.5, 0.6) is 5.75 Å². The number of halogens is 2. The van der Waals surface area contributed by atoms with Crippen LogP contribution in [0, 0.1) is 11.6 Å². The van der Waals surface area contributed by atoms with E-state index in [4.69, 9.17) is 9.72 Å². The molecule has 1 aliphatic rings. The molecule has 0 unspecified atom stereocenters. The predicted molar refractivity (Wildman–Crippen MR) is 135 cm³/mol. The number of benzene rings is 1. The fourth-order valence-electron chi connectivity index (χ4n) is 4.13. The molecule has 8 nitrogen and oxygen atoms in total. The summed E-state index contributed by atoms with van der Waals surface area (Å²) in [6.07, 6.45) is 3.66. The molecule has 5 aromatic rings. The Morgan fingerprint density at radius 3 is 2.78 bits per heavy atom. The Labute approximate surface area is 213 Å². The number of carbonyl (C=O) groups excluding carboxylic acids is 1. The van der Waals surface area contributed by atoms with Crippen LogP contribution in [-0.2, 0) is 11.2 Å². The molecule has 0 aliphatic carbocycles. The molecule has 0 atom stereocenters. The van der Waals surface area contributed by atoms with Gasteiger partial charge in [0.05, 0.1) is 17.2 Å². The number of hydrogen-bond acceptors (Lipinski definition) is 7. The summed E-state index contributed by atoms with van der Waals surface area (Å²) in [6.45, 7) is 1.90. The maximum absolute atomic E-state index is 14.5. The van der Waals surface area contributed by atoms with Crippen molar-refractivity contribution in [3.8, 4) is 44.7 Å². The number of amides is 1. The third-order valence-corrected chi connectivity index (χ3v) is 6.97. The van der Waals surface area contributed by atoms with Gasteiger partial charge in [-0.2, -0.15) is 5.10 Å². The minimum atomic E-state index is -0.729. The highest BCUT2D eigenvalue weighted by Gasteiger charge is 2.24. The van der Waals surface area contributed by atoms with E-state index in [1.165, 1.54) is 41.4 Å². The van der Waals surface area contributed by atoms with Gasteiger partial charge in [-0.1, -0.05) is 0 Å². The summed E-state index contributed by atoms with van der Waals surface area (Å²) >= 11 is 1.50. The maximum atomic E-state index is 14.5. The number of thiophene rings is 1. The Balaban J connectivity index is 1.40. The molecule has 4 aromatic heterocycles. The van der Waals surface area contributed by atoms with Gasteiger partial charge in [-0.25, -0.2) is 28.4 Å². The van der Waals surface area contributed by atoms with Crippen LogP contribution < -0.4 is 10.1 Å². The first kappa shape index (κ1) is 22.9. The Bertz CT molecular complexity index is 1650. The zero-order chi connectivity index (χ0) is 25.5. The fourth-order valence-corrected chi connectivity index (χ4v) is 5.26. The zero-order valence-corrected chi connectivity index (χ0v) is 20.2. The van der Waals surface area contributed by atoms with E-state index in [-0.39, 0.29) is 11.6 Å². The van der Waals surface area contributed by atoms with Crippen molar-refractivity contribution >= 4 is 23.1 Å². The van der Waals surface area contributed by atoms with Gasteiger partial charge in [-0.3, -0.25) is 4.79 Å². The number of rotatable bonds is 4. The van der Waals surface area contributed by atoms with Gasteiger partial charge in [0.15, 0.2) is 11.6 Å². The van der Waals surface area contributed by atoms with Crippen LogP contribution in [0.1, 0.15) is 11.8 Å². The van der Waals surface area contributed by atoms with Crippen molar-refractivity contribution in [3.05, 3.63) is 77.6 Å². The van der Waals surface area contributed by atoms with Crippen molar-refractivity contribution in [1.29, 1.82) is 0 Å². The molecular weight excluding hydrogens is 498 g/mol. The Kier molecular flexibility index (Phi) is 5.68. The van der Waals surface area contributed by atoms with Gasteiger partial charge in [-0.05, 0) is 42.5 Å². The largest absolute Gasteiger partial charge is 0.491 e. The van der Waals surface area contributed by atoms with E-state index < -0.39 is 11.6 Å². The van der Waals surface area contributed by atoms with Crippen LogP contribution in [0.15, 0.2) is 61.1 Å². The lowest BCUT2D eigenvalue weighted by Crippen LogP contribution is -2.07. The lowest BCUT2D eigenvalue weighted by Gasteiger charge is -2.10. The van der Waals surface area contributed by atoms with Gasteiger partial charge in [0.2, 0.25) is 5.91 Å². The van der Waals surface area contributed by atoms with E-state index in [9.17, 15) is 13.6 Å². The highest BCUT2D eigenvalue weighted by molar-refractivity contribution is 7.16. The molecule has 0 bridgehead atoms. The van der Waals surface area contributed by atoms with E-state index in [1.807, 2.05) is 24.3 Å². The first-order valence-corrected chi connectivity index (χ1v) is 12.1. The summed E-state index contributed by atoms with van der Waals surface area (Å²) in [5.41, 5.74) is 3.16. The van der Waals surface area contributed by atoms with Crippen LogP contribution in [0.4, 0.5) is 14.6 Å². The molecule has 0 radical (unpaired) electrons. The number of fused-ring (bicyclic) bond motifs is 3. The summed E-state index contributed by atoms with van der Waals surface area (Å²) in [4.78, 5) is 26.6. The number of ether oxygens (including phenoxy) is 1. The number of nitrogens with one attached hydrogen (secondary N) is 1. The number of anilines is 1. The van der Waals surface area contributed by atoms with Crippen molar-refractivity contribution in [1.82, 2.24) is 24.7 Å². The molecule has 1 N–H and O–H groups in total. The van der Waals surface area contributed by atoms with Crippen LogP contribution in [0.25, 0.3) is 38.9 Å². The first-order valence-electron chi connectivity index (χ1n) is 11.3. The molecule has 0 saturated heterocycles. The highest BCUT2D eigenvalue weighted by Crippen LogP contribution is 2.42. The molecule has 1 aliphatic heterocycles. The van der Waals surface area contributed by atoms with E-state index in [2.05, 4.69) is 20.4 Å². The van der Waals surface area contributed by atoms with Gasteiger partial charge < -0.3 is 10.1 Å². The quantitative estimate of drug-likeness (QED) is 0.349. The van der Waals surface area contributed by atoms with Crippen LogP contribution >= 0.6 is 11.3 Å². The van der Waals surface area contributed by atoms with Crippen molar-refractivity contribution in [2.24, 2.45) is 0 Å². The normalized spacial score (nSPS) is 12.3. The topological polar surface area (TPSA) is 94.8 Å². The minimum Gasteiger partial charge on any atom is -0.491 e. The second kappa shape index (κ2) is 9.17. The second-order valence-electron chi connectivity index (χ2n) is 8.29. The third-order valence-electron chi connectivity index (χ3n) is 5.78. The molecule has 5 heterocycles. The van der Waals surface area contributed by atoms with E-state index in [0.717, 1.165) is 26.9 Å². The predicted octanol–water partition coefficient (Wildman–Crippen LogP) is 5.29. The molecule has 0 spiro atoms. The zero-order valence-electron chi connectivity index (χ0n) is 19.4. The van der Waals surface area contributed by atoms with E-state index in [0.29, 0.717) is 41.8 Å². The van der Waals surface area contributed by atoms with Crippen molar-refractivity contribution in [2.75, 3.05) is 11.9 Å². The number of pyridine rings is 2. The SMILES string of the molecule is CC(=O)Nc1ccc(-c2ccc3c(n2)-c2cc(-c4ncnn4-c4ccc(F)cc4F)sc2CCO3)cn1. The average Bonchev–Trinajstić information content (AvgIpc) is 3.48. The molecule has 184 valence electrons. The van der Waals surface area contributed by atoms with Crippen LogP contribution in [0.2, 0.25) is 0 Å². The van der Waals surface area contributed by atoms with Gasteiger partial charge in [0.1, 0.15) is 35.1 Å². The maximum Gasteiger partial charge on any atom is 0.222 e. The molecule has 6 rings (SSSR count). The van der Waals surface area contributed by atoms with Crippen molar-refractivity contribution < 1.29 is 18.3 Å². The summed E-state index contributed by atoms with van der Waals surface area (Å²) < 4.78 is 35.3. The monoisotopic (exact) mass is 516 g/mol. The summed E-state index contributed by atoms with van der Waals surface area (Å²) in [5.74, 6) is -0.0295. The Hall–Kier alpha value is -4.51. The minimum absolute atomic E-state index is 0.108. The number of carbonyl (C=O) groups is 1. The van der Waals surface area contributed by atoms with Gasteiger partial charge in [0, 0.05) is 41.6 Å². The first-order chi connectivity index (χ1) is 18.0.